The first-order chi connectivity index (χ1) is 29.6. The Morgan fingerprint density at radius 2 is 1.30 bits per heavy atom. The summed E-state index contributed by atoms with van der Waals surface area (Å²) in [5, 5.41) is 15.9. The van der Waals surface area contributed by atoms with Gasteiger partial charge in [-0.3, -0.25) is 9.55 Å². The normalized spacial score (nSPS) is 12.8. The first kappa shape index (κ1) is 48.0. The maximum absolute atomic E-state index is 12.4. The van der Waals surface area contributed by atoms with Gasteiger partial charge in [-0.25, -0.2) is 4.98 Å². The van der Waals surface area contributed by atoms with E-state index in [0.717, 1.165) is 79.0 Å². The van der Waals surface area contributed by atoms with E-state index in [9.17, 15) is 5.11 Å². The van der Waals surface area contributed by atoms with E-state index in [1.165, 1.54) is 11.1 Å². The molecule has 2 aromatic heterocycles. The Hall–Kier alpha value is -5.51. The molecule has 2 heterocycles. The zero-order chi connectivity index (χ0) is 45.5. The molecule has 0 aliphatic rings. The van der Waals surface area contributed by atoms with Crippen molar-refractivity contribution in [3.63, 3.8) is 0 Å². The molecular formula is C58H65N4OPt-. The van der Waals surface area contributed by atoms with Gasteiger partial charge in [-0.1, -0.05) is 162 Å². The van der Waals surface area contributed by atoms with Crippen molar-refractivity contribution in [1.29, 1.82) is 0 Å². The fourth-order valence-electron chi connectivity index (χ4n) is 7.88. The van der Waals surface area contributed by atoms with Crippen molar-refractivity contribution in [3.05, 3.63) is 168 Å². The smallest absolute Gasteiger partial charge is 0.148 e. The van der Waals surface area contributed by atoms with Crippen LogP contribution >= 0.6 is 0 Å². The van der Waals surface area contributed by atoms with E-state index < -0.39 is 0 Å². The minimum atomic E-state index is -0.310. The number of anilines is 1. The molecule has 5 aromatic carbocycles. The molecule has 334 valence electrons. The van der Waals surface area contributed by atoms with Gasteiger partial charge in [0.15, 0.2) is 0 Å². The van der Waals surface area contributed by atoms with Gasteiger partial charge in [0.05, 0.1) is 16.6 Å². The predicted octanol–water partition coefficient (Wildman–Crippen LogP) is 15.5. The minimum absolute atomic E-state index is 0. The Bertz CT molecular complexity index is 2800. The first-order valence-electron chi connectivity index (χ1n) is 22.4. The summed E-state index contributed by atoms with van der Waals surface area (Å²) in [4.78, 5) is 10.4. The molecule has 0 spiro atoms. The van der Waals surface area contributed by atoms with Gasteiger partial charge in [0, 0.05) is 56.1 Å². The van der Waals surface area contributed by atoms with Crippen LogP contribution in [0.5, 0.6) is 5.75 Å². The van der Waals surface area contributed by atoms with Crippen molar-refractivity contribution in [2.75, 3.05) is 5.32 Å². The van der Waals surface area contributed by atoms with Crippen molar-refractivity contribution in [1.82, 2.24) is 14.5 Å². The number of rotatable bonds is 9. The van der Waals surface area contributed by atoms with Gasteiger partial charge >= 0.3 is 0 Å². The average Bonchev–Trinajstić information content (AvgIpc) is 3.62. The fourth-order valence-corrected chi connectivity index (χ4v) is 7.88. The molecule has 0 atom stereocenters. The maximum atomic E-state index is 12.4. The van der Waals surface area contributed by atoms with Crippen LogP contribution in [0.4, 0.5) is 5.69 Å². The van der Waals surface area contributed by atoms with E-state index in [2.05, 4.69) is 215 Å². The fraction of sp³-hybridized carbons (Fsp3) is 0.310. The number of phenols is 1. The summed E-state index contributed by atoms with van der Waals surface area (Å²) < 4.78 is 2.27. The van der Waals surface area contributed by atoms with Crippen LogP contribution in [0.1, 0.15) is 124 Å². The number of para-hydroxylation sites is 2. The van der Waals surface area contributed by atoms with Crippen LogP contribution in [0.3, 0.4) is 0 Å². The van der Waals surface area contributed by atoms with Gasteiger partial charge in [0.25, 0.3) is 0 Å². The molecule has 7 aromatic rings. The van der Waals surface area contributed by atoms with E-state index >= 15 is 0 Å². The molecule has 0 unspecified atom stereocenters. The van der Waals surface area contributed by atoms with E-state index in [4.69, 9.17) is 9.97 Å². The number of phenolic OH excluding ortho intramolecular Hbond substituents is 1. The summed E-state index contributed by atoms with van der Waals surface area (Å²) in [6.07, 6.45) is 9.18. The Morgan fingerprint density at radius 3 is 1.92 bits per heavy atom. The third-order valence-electron chi connectivity index (χ3n) is 11.8. The Morgan fingerprint density at radius 1 is 0.672 bits per heavy atom. The van der Waals surface area contributed by atoms with Crippen LogP contribution in [0, 0.1) is 6.07 Å². The summed E-state index contributed by atoms with van der Waals surface area (Å²) in [6, 6.07) is 42.1. The number of allylic oxidation sites excluding steroid dienone is 3. The van der Waals surface area contributed by atoms with Crippen LogP contribution in [0.25, 0.3) is 56.1 Å². The van der Waals surface area contributed by atoms with E-state index in [0.29, 0.717) is 5.82 Å². The maximum Gasteiger partial charge on any atom is 0.148 e. The van der Waals surface area contributed by atoms with Gasteiger partial charge < -0.3 is 10.4 Å². The zero-order valence-electron chi connectivity index (χ0n) is 40.0. The van der Waals surface area contributed by atoms with Crippen LogP contribution in [0.15, 0.2) is 134 Å². The van der Waals surface area contributed by atoms with Crippen molar-refractivity contribution in [2.45, 2.75) is 118 Å². The topological polar surface area (TPSA) is 63.0 Å². The quantitative estimate of drug-likeness (QED) is 0.112. The second-order valence-corrected chi connectivity index (χ2v) is 21.0. The van der Waals surface area contributed by atoms with E-state index in [-0.39, 0.29) is 48.5 Å². The number of hydrogen-bond acceptors (Lipinski definition) is 4. The number of hydrogen-bond donors (Lipinski definition) is 2. The molecule has 0 amide bonds. The standard InChI is InChI=1S/C58H65N4O.Pt/c1-14-15-21-41(37-60-45-24-17-16-18-25-45)38-28-29-59-50(31-38)40-23-19-22-39(30-40)47-26-20-27-51-52(47)61-54(48-35-44(57(8,9)10)36-49(53(48)63)58(11,12)13)62(51)46-33-42(55(2,3)4)32-43(34-46)56(5,6)7;/h15-29,31-37,60,63H,14H2,1-13H3;/q-1;/b21-15+,41-37-;. The van der Waals surface area contributed by atoms with E-state index in [1.54, 1.807) is 0 Å². The van der Waals surface area contributed by atoms with Crippen LogP contribution in [0.2, 0.25) is 0 Å². The number of nitrogens with zero attached hydrogens (tertiary/aromatic N) is 3. The zero-order valence-corrected chi connectivity index (χ0v) is 42.3. The molecule has 0 saturated carbocycles. The molecule has 5 nitrogen and oxygen atoms in total. The number of imidazole rings is 1. The molecule has 6 heteroatoms. The number of aromatic hydroxyl groups is 1. The molecule has 7 rings (SSSR count). The molecule has 2 N–H and O–H groups in total. The van der Waals surface area contributed by atoms with Gasteiger partial charge in [0.1, 0.15) is 11.6 Å². The minimum Gasteiger partial charge on any atom is -0.507 e. The summed E-state index contributed by atoms with van der Waals surface area (Å²) in [6.45, 7) is 28.9. The summed E-state index contributed by atoms with van der Waals surface area (Å²) >= 11 is 0. The molecule has 0 bridgehead atoms. The van der Waals surface area contributed by atoms with Crippen molar-refractivity contribution in [3.8, 4) is 45.2 Å². The van der Waals surface area contributed by atoms with Crippen LogP contribution in [-0.2, 0) is 42.7 Å². The monoisotopic (exact) mass is 1030 g/mol. The van der Waals surface area contributed by atoms with Crippen molar-refractivity contribution >= 4 is 22.3 Å². The van der Waals surface area contributed by atoms with Gasteiger partial charge in [-0.05, 0) is 98.4 Å². The molecular weight excluding hydrogens is 964 g/mol. The second-order valence-electron chi connectivity index (χ2n) is 21.0. The number of nitrogens with one attached hydrogen (secondary N) is 1. The largest absolute Gasteiger partial charge is 0.507 e. The summed E-state index contributed by atoms with van der Waals surface area (Å²) in [5.41, 5.74) is 14.1. The van der Waals surface area contributed by atoms with Gasteiger partial charge in [-0.15, -0.1) is 29.8 Å². The Labute approximate surface area is 397 Å². The third kappa shape index (κ3) is 10.4. The number of pyridine rings is 1. The van der Waals surface area contributed by atoms with E-state index in [1.807, 2.05) is 24.4 Å². The molecule has 0 radical (unpaired) electrons. The second kappa shape index (κ2) is 18.5. The molecule has 0 aliphatic carbocycles. The molecule has 0 fully saturated rings. The predicted molar refractivity (Wildman–Crippen MR) is 268 cm³/mol. The number of fused-ring (bicyclic) bond motifs is 1. The molecule has 64 heavy (non-hydrogen) atoms. The third-order valence-corrected chi connectivity index (χ3v) is 11.8. The summed E-state index contributed by atoms with van der Waals surface area (Å²) in [5.74, 6) is 0.962. The van der Waals surface area contributed by atoms with Crippen molar-refractivity contribution < 1.29 is 26.2 Å². The number of aromatic nitrogens is 3. The molecule has 0 saturated heterocycles. The van der Waals surface area contributed by atoms with Gasteiger partial charge in [0.2, 0.25) is 0 Å². The average molecular weight is 1030 g/mol. The molecule has 0 aliphatic heterocycles. The van der Waals surface area contributed by atoms with Crippen molar-refractivity contribution in [2.24, 2.45) is 0 Å². The Kier molecular flexibility index (Phi) is 13.9. The van der Waals surface area contributed by atoms with Crippen LogP contribution in [-0.4, -0.2) is 19.6 Å². The SMILES string of the molecule is CC/C=C/C(=C/Nc1ccccc1)c1ccnc(-c2[c-]c(-c3cccc4c3nc(-c3cc(C(C)(C)C)cc(C(C)(C)C)c3O)n4-c3cc(C(C)(C)C)cc(C(C)(C)C)c3)ccc2)c1.[Pt]. The van der Waals surface area contributed by atoms with Crippen LogP contribution < -0.4 is 5.32 Å². The Balaban J connectivity index is 0.00000680. The van der Waals surface area contributed by atoms with Gasteiger partial charge in [-0.2, -0.15) is 0 Å². The first-order valence-corrected chi connectivity index (χ1v) is 22.4. The summed E-state index contributed by atoms with van der Waals surface area (Å²) in [7, 11) is 0. The number of benzene rings is 5.